The molecule has 6 heteroatoms. The number of rotatable bonds is 5. The quantitative estimate of drug-likeness (QED) is 0.821. The minimum atomic E-state index is 0.446. The average molecular weight is 357 g/mol. The molecule has 0 amide bonds. The molecule has 0 fully saturated rings. The van der Waals surface area contributed by atoms with E-state index in [4.69, 9.17) is 22.1 Å². The number of ether oxygens (including phenoxy) is 1. The van der Waals surface area contributed by atoms with Gasteiger partial charge < -0.3 is 15.8 Å². The molecule has 3 N–H and O–H groups in total. The van der Waals surface area contributed by atoms with Gasteiger partial charge in [0.2, 0.25) is 5.88 Å². The minimum Gasteiger partial charge on any atom is -0.476 e. The Morgan fingerprint density at radius 1 is 1.35 bits per heavy atom. The molecule has 0 bridgehead atoms. The van der Waals surface area contributed by atoms with Gasteiger partial charge in [-0.1, -0.05) is 18.5 Å². The average Bonchev–Trinajstić information content (AvgIpc) is 2.42. The van der Waals surface area contributed by atoms with Crippen LogP contribution in [0.2, 0.25) is 5.02 Å². The number of nitrogens with zero attached hydrogens (tertiary/aromatic N) is 1. The number of nitrogen functional groups attached to an aromatic ring is 1. The van der Waals surface area contributed by atoms with Gasteiger partial charge in [-0.3, -0.25) is 0 Å². The predicted molar refractivity (Wildman–Crippen MR) is 86.9 cm³/mol. The third-order valence-electron chi connectivity index (χ3n) is 2.53. The van der Waals surface area contributed by atoms with Crippen LogP contribution in [0.25, 0.3) is 0 Å². The molecule has 0 radical (unpaired) electrons. The highest BCUT2D eigenvalue weighted by Crippen LogP contribution is 2.29. The number of anilines is 3. The van der Waals surface area contributed by atoms with Gasteiger partial charge in [-0.15, -0.1) is 0 Å². The molecular formula is C14H15BrClN3O. The van der Waals surface area contributed by atoms with Crippen LogP contribution < -0.4 is 15.8 Å². The lowest BCUT2D eigenvalue weighted by Crippen LogP contribution is -2.03. The second-order valence-electron chi connectivity index (χ2n) is 4.19. The van der Waals surface area contributed by atoms with Crippen LogP contribution in [0.5, 0.6) is 5.88 Å². The molecule has 2 rings (SSSR count). The topological polar surface area (TPSA) is 60.2 Å². The van der Waals surface area contributed by atoms with Crippen molar-refractivity contribution in [2.24, 2.45) is 0 Å². The third kappa shape index (κ3) is 3.77. The molecule has 20 heavy (non-hydrogen) atoms. The van der Waals surface area contributed by atoms with Gasteiger partial charge in [-0.2, -0.15) is 4.98 Å². The van der Waals surface area contributed by atoms with Crippen LogP contribution in [-0.4, -0.2) is 11.6 Å². The van der Waals surface area contributed by atoms with Crippen LogP contribution >= 0.6 is 27.5 Å². The molecule has 2 aromatic rings. The van der Waals surface area contributed by atoms with Crippen molar-refractivity contribution >= 4 is 44.7 Å². The van der Waals surface area contributed by atoms with Crippen molar-refractivity contribution in [2.75, 3.05) is 17.7 Å². The Labute approximate surface area is 131 Å². The van der Waals surface area contributed by atoms with Crippen LogP contribution in [0.4, 0.5) is 17.2 Å². The fraction of sp³-hybridized carbons (Fsp3) is 0.214. The van der Waals surface area contributed by atoms with E-state index in [1.807, 2.05) is 19.1 Å². The van der Waals surface area contributed by atoms with Gasteiger partial charge in [0.15, 0.2) is 0 Å². The van der Waals surface area contributed by atoms with Gasteiger partial charge in [-0.25, -0.2) is 0 Å². The van der Waals surface area contributed by atoms with E-state index in [9.17, 15) is 0 Å². The third-order valence-corrected chi connectivity index (χ3v) is 3.42. The van der Waals surface area contributed by atoms with Crippen molar-refractivity contribution in [1.82, 2.24) is 4.98 Å². The van der Waals surface area contributed by atoms with Crippen LogP contribution in [0, 0.1) is 0 Å². The lowest BCUT2D eigenvalue weighted by molar-refractivity contribution is 0.307. The Morgan fingerprint density at radius 3 is 2.85 bits per heavy atom. The molecule has 0 saturated carbocycles. The van der Waals surface area contributed by atoms with Gasteiger partial charge in [-0.05, 0) is 52.7 Å². The van der Waals surface area contributed by atoms with E-state index in [0.717, 1.165) is 16.6 Å². The first-order valence-electron chi connectivity index (χ1n) is 6.21. The molecule has 0 aliphatic heterocycles. The van der Waals surface area contributed by atoms with Crippen molar-refractivity contribution in [3.8, 4) is 5.88 Å². The standard InChI is InChI=1S/C14H15BrClN3O/c1-2-7-20-14-11(17)4-6-13(19-14)18-12-5-3-9(16)8-10(12)15/h3-6,8H,2,7,17H2,1H3,(H,18,19). The Morgan fingerprint density at radius 2 is 2.15 bits per heavy atom. The number of halogens is 2. The highest BCUT2D eigenvalue weighted by molar-refractivity contribution is 9.10. The van der Waals surface area contributed by atoms with E-state index >= 15 is 0 Å². The number of hydrogen-bond donors (Lipinski definition) is 2. The fourth-order valence-corrected chi connectivity index (χ4v) is 2.35. The Hall–Kier alpha value is -1.46. The van der Waals surface area contributed by atoms with Crippen molar-refractivity contribution in [1.29, 1.82) is 0 Å². The Kier molecular flexibility index (Phi) is 5.09. The highest BCUT2D eigenvalue weighted by atomic mass is 79.9. The second kappa shape index (κ2) is 6.81. The maximum Gasteiger partial charge on any atom is 0.239 e. The molecule has 4 nitrogen and oxygen atoms in total. The number of nitrogens with two attached hydrogens (primary N) is 1. The molecule has 0 aliphatic rings. The Bertz CT molecular complexity index is 607. The summed E-state index contributed by atoms with van der Waals surface area (Å²) in [7, 11) is 0. The molecule has 1 aromatic heterocycles. The van der Waals surface area contributed by atoms with Gasteiger partial charge in [0.25, 0.3) is 0 Å². The molecule has 1 heterocycles. The van der Waals surface area contributed by atoms with Gasteiger partial charge in [0.05, 0.1) is 18.0 Å². The first kappa shape index (κ1) is 14.9. The first-order valence-corrected chi connectivity index (χ1v) is 7.38. The smallest absolute Gasteiger partial charge is 0.239 e. The summed E-state index contributed by atoms with van der Waals surface area (Å²) in [6, 6.07) is 9.06. The summed E-state index contributed by atoms with van der Waals surface area (Å²) in [5, 5.41) is 3.86. The second-order valence-corrected chi connectivity index (χ2v) is 5.48. The first-order chi connectivity index (χ1) is 9.60. The zero-order valence-electron chi connectivity index (χ0n) is 11.0. The molecule has 0 atom stereocenters. The zero-order chi connectivity index (χ0) is 14.5. The summed E-state index contributed by atoms with van der Waals surface area (Å²) in [6.45, 7) is 2.62. The van der Waals surface area contributed by atoms with Crippen LogP contribution in [0.15, 0.2) is 34.8 Å². The van der Waals surface area contributed by atoms with Gasteiger partial charge in [0, 0.05) is 9.50 Å². The van der Waals surface area contributed by atoms with Crippen molar-refractivity contribution in [2.45, 2.75) is 13.3 Å². The fourth-order valence-electron chi connectivity index (χ4n) is 1.56. The SMILES string of the molecule is CCCOc1nc(Nc2ccc(Cl)cc2Br)ccc1N. The van der Waals surface area contributed by atoms with Crippen molar-refractivity contribution in [3.63, 3.8) is 0 Å². The molecule has 0 spiro atoms. The summed E-state index contributed by atoms with van der Waals surface area (Å²) in [5.41, 5.74) is 7.23. The molecule has 0 aliphatic carbocycles. The molecule has 106 valence electrons. The van der Waals surface area contributed by atoms with Crippen LogP contribution in [0.3, 0.4) is 0 Å². The summed E-state index contributed by atoms with van der Waals surface area (Å²) < 4.78 is 6.37. The van der Waals surface area contributed by atoms with Gasteiger partial charge in [0.1, 0.15) is 5.82 Å². The summed E-state index contributed by atoms with van der Waals surface area (Å²) >= 11 is 9.36. The molecular weight excluding hydrogens is 342 g/mol. The summed E-state index contributed by atoms with van der Waals surface area (Å²) in [6.07, 6.45) is 0.904. The van der Waals surface area contributed by atoms with E-state index < -0.39 is 0 Å². The largest absolute Gasteiger partial charge is 0.476 e. The van der Waals surface area contributed by atoms with Crippen LogP contribution in [0.1, 0.15) is 13.3 Å². The highest BCUT2D eigenvalue weighted by Gasteiger charge is 2.06. The van der Waals surface area contributed by atoms with E-state index in [0.29, 0.717) is 29.0 Å². The lowest BCUT2D eigenvalue weighted by atomic mass is 10.3. The number of benzene rings is 1. The monoisotopic (exact) mass is 355 g/mol. The number of aromatic nitrogens is 1. The van der Waals surface area contributed by atoms with E-state index in [-0.39, 0.29) is 0 Å². The number of pyridine rings is 1. The van der Waals surface area contributed by atoms with E-state index in [2.05, 4.69) is 26.2 Å². The maximum atomic E-state index is 5.91. The normalized spacial score (nSPS) is 10.3. The van der Waals surface area contributed by atoms with E-state index in [1.165, 1.54) is 0 Å². The number of hydrogen-bond acceptors (Lipinski definition) is 4. The molecule has 0 saturated heterocycles. The lowest BCUT2D eigenvalue weighted by Gasteiger charge is -2.11. The number of nitrogens with one attached hydrogen (secondary N) is 1. The molecule has 1 aromatic carbocycles. The predicted octanol–water partition coefficient (Wildman–Crippen LogP) is 4.61. The van der Waals surface area contributed by atoms with Crippen molar-refractivity contribution < 1.29 is 4.74 Å². The maximum absolute atomic E-state index is 5.91. The van der Waals surface area contributed by atoms with Crippen LogP contribution in [-0.2, 0) is 0 Å². The Balaban J connectivity index is 2.20. The van der Waals surface area contributed by atoms with Crippen molar-refractivity contribution in [3.05, 3.63) is 39.8 Å². The summed E-state index contributed by atoms with van der Waals surface area (Å²) in [5.74, 6) is 1.11. The molecule has 0 unspecified atom stereocenters. The zero-order valence-corrected chi connectivity index (χ0v) is 13.3. The summed E-state index contributed by atoms with van der Waals surface area (Å²) in [4.78, 5) is 4.36. The minimum absolute atomic E-state index is 0.446. The van der Waals surface area contributed by atoms with Gasteiger partial charge >= 0.3 is 0 Å². The van der Waals surface area contributed by atoms with E-state index in [1.54, 1.807) is 18.2 Å².